The number of benzene rings is 3. The monoisotopic (exact) mass is 937 g/mol. The van der Waals surface area contributed by atoms with Gasteiger partial charge in [-0.1, -0.05) is 80.6 Å². The van der Waals surface area contributed by atoms with E-state index >= 15 is 4.79 Å². The number of amides is 1. The first-order valence-corrected chi connectivity index (χ1v) is 22.2. The fourth-order valence-corrected chi connectivity index (χ4v) is 10.8. The average Bonchev–Trinajstić information content (AvgIpc) is 3.28. The molecule has 17 nitrogen and oxygen atoms in total. The lowest BCUT2D eigenvalue weighted by Gasteiger charge is -2.67. The number of ether oxygens (including phenoxy) is 7. The summed E-state index contributed by atoms with van der Waals surface area (Å²) in [4.78, 5) is 111. The van der Waals surface area contributed by atoms with Crippen LogP contribution in [-0.2, 0) is 61.9 Å². The van der Waals surface area contributed by atoms with Crippen LogP contribution in [0.25, 0.3) is 0 Å². The molecule has 1 saturated heterocycles. The van der Waals surface area contributed by atoms with E-state index in [1.165, 1.54) is 26.0 Å². The summed E-state index contributed by atoms with van der Waals surface area (Å²) in [5.41, 5.74) is -7.41. The number of ketones is 1. The number of Topliss-reactive ketones (excluding diaryl/α,β-unsaturated/α-hetero) is 1. The number of rotatable bonds is 12. The Labute approximate surface area is 392 Å². The topological polar surface area (TPSA) is 233 Å². The molecule has 3 fully saturated rings. The molecule has 1 unspecified atom stereocenters. The molecule has 0 spiro atoms. The van der Waals surface area contributed by atoms with Crippen molar-refractivity contribution in [1.29, 1.82) is 0 Å². The molecule has 2 bridgehead atoms. The zero-order valence-electron chi connectivity index (χ0n) is 39.0. The van der Waals surface area contributed by atoms with Crippen molar-refractivity contribution in [2.45, 2.75) is 122 Å². The number of nitrogens with one attached hydrogen (secondary N) is 1. The molecule has 4 aliphatic rings. The van der Waals surface area contributed by atoms with E-state index in [9.17, 15) is 38.7 Å². The van der Waals surface area contributed by atoms with E-state index in [0.29, 0.717) is 5.56 Å². The number of fused-ring (bicyclic) bond motifs is 5. The highest BCUT2D eigenvalue weighted by Crippen LogP contribution is 2.65. The van der Waals surface area contributed by atoms with Crippen molar-refractivity contribution < 1.29 is 76.6 Å². The fourth-order valence-electron chi connectivity index (χ4n) is 10.8. The SMILES string of the molecule is CC(=O)O[C@H]1C(=O)[C@@]2(C)C([C@H](OC(=O)c3ccccc3)[C@]3(O)C[C@H](OC(=O)[C@H](OC(C)=O)[C@@H](NC(=O)c4ccccc4)c4ccccc4)C(C)=C1C3(C)C)[C@]1(OC(C)=O)CO[C@@H]1C[C@@H]2OC(C)=O. The number of hydrogen-bond donors (Lipinski definition) is 2. The summed E-state index contributed by atoms with van der Waals surface area (Å²) < 4.78 is 42.5. The van der Waals surface area contributed by atoms with E-state index < -0.39 is 125 Å². The van der Waals surface area contributed by atoms with E-state index in [-0.39, 0.29) is 35.3 Å². The minimum atomic E-state index is -2.47. The molecule has 68 heavy (non-hydrogen) atoms. The summed E-state index contributed by atoms with van der Waals surface area (Å²) in [5.74, 6) is -8.71. The van der Waals surface area contributed by atoms with Crippen LogP contribution >= 0.6 is 0 Å². The normalized spacial score (nSPS) is 29.9. The third-order valence-corrected chi connectivity index (χ3v) is 14.0. The molecule has 1 aliphatic heterocycles. The molecule has 360 valence electrons. The van der Waals surface area contributed by atoms with E-state index in [1.807, 2.05) is 0 Å². The van der Waals surface area contributed by atoms with Crippen LogP contribution in [0.5, 0.6) is 0 Å². The minimum Gasteiger partial charge on any atom is -0.461 e. The van der Waals surface area contributed by atoms with Crippen molar-refractivity contribution in [3.8, 4) is 0 Å². The van der Waals surface area contributed by atoms with Gasteiger partial charge in [0, 0.05) is 51.5 Å². The van der Waals surface area contributed by atoms with Gasteiger partial charge in [-0.05, 0) is 54.8 Å². The Balaban J connectivity index is 1.45. The van der Waals surface area contributed by atoms with Gasteiger partial charge in [0.25, 0.3) is 5.91 Å². The minimum absolute atomic E-state index is 0.0385. The van der Waals surface area contributed by atoms with Crippen LogP contribution in [0.1, 0.15) is 101 Å². The van der Waals surface area contributed by atoms with Crippen LogP contribution in [-0.4, -0.2) is 107 Å². The Morgan fingerprint density at radius 3 is 1.84 bits per heavy atom. The largest absolute Gasteiger partial charge is 0.461 e. The second-order valence-electron chi connectivity index (χ2n) is 18.5. The van der Waals surface area contributed by atoms with E-state index in [2.05, 4.69) is 5.32 Å². The van der Waals surface area contributed by atoms with Crippen molar-refractivity contribution >= 4 is 47.5 Å². The Morgan fingerprint density at radius 1 is 0.735 bits per heavy atom. The van der Waals surface area contributed by atoms with Gasteiger partial charge in [-0.15, -0.1) is 0 Å². The lowest BCUT2D eigenvalue weighted by Crippen LogP contribution is -2.82. The molecule has 1 amide bonds. The predicted octanol–water partition coefficient (Wildman–Crippen LogP) is 4.88. The zero-order valence-corrected chi connectivity index (χ0v) is 39.0. The van der Waals surface area contributed by atoms with Gasteiger partial charge in [0.1, 0.15) is 36.1 Å². The van der Waals surface area contributed by atoms with E-state index in [1.54, 1.807) is 92.7 Å². The standard InChI is InChI=1S/C51H55NO16/c1-27-35(66-47(60)41(65-30(4)55)39(32-18-12-9-13-19-32)52-45(58)33-20-14-10-15-21-33)25-51(61)44(67-46(59)34-22-16-11-17-23-34)42-49(8,43(57)40(64-29(3)54)38(27)48(51,6)7)36(63-28(2)53)24-37-50(42,26-62-37)68-31(5)56/h9-23,35-37,39-42,44,61H,24-26H2,1-8H3,(H,52,58)/t35-,36-,37+,39-,40+,41+,42?,44-,49+,50-,51+/m0/s1. The molecule has 2 saturated carbocycles. The third-order valence-electron chi connectivity index (χ3n) is 14.0. The van der Waals surface area contributed by atoms with Crippen molar-refractivity contribution in [1.82, 2.24) is 5.32 Å². The summed E-state index contributed by atoms with van der Waals surface area (Å²) >= 11 is 0. The Bertz CT molecular complexity index is 2530. The van der Waals surface area contributed by atoms with Crippen LogP contribution < -0.4 is 5.32 Å². The van der Waals surface area contributed by atoms with Crippen LogP contribution in [0, 0.1) is 16.7 Å². The molecular formula is C51H55NO16. The van der Waals surface area contributed by atoms with E-state index in [0.717, 1.165) is 27.7 Å². The first-order valence-electron chi connectivity index (χ1n) is 22.2. The second kappa shape index (κ2) is 18.8. The summed E-state index contributed by atoms with van der Waals surface area (Å²) in [6, 6.07) is 22.8. The molecule has 3 aromatic carbocycles. The second-order valence-corrected chi connectivity index (χ2v) is 18.5. The molecular weight excluding hydrogens is 883 g/mol. The van der Waals surface area contributed by atoms with Gasteiger partial charge >= 0.3 is 35.8 Å². The quantitative estimate of drug-likeness (QED) is 0.140. The first-order chi connectivity index (χ1) is 32.1. The number of carbonyl (C=O) groups is 8. The summed E-state index contributed by atoms with van der Waals surface area (Å²) in [5, 5.41) is 16.8. The van der Waals surface area contributed by atoms with Gasteiger partial charge < -0.3 is 43.6 Å². The molecule has 11 atom stereocenters. The van der Waals surface area contributed by atoms with Gasteiger partial charge in [0.15, 0.2) is 17.5 Å². The van der Waals surface area contributed by atoms with Crippen molar-refractivity contribution in [3.63, 3.8) is 0 Å². The highest BCUT2D eigenvalue weighted by atomic mass is 16.6. The summed E-state index contributed by atoms with van der Waals surface area (Å²) in [6.07, 6.45) is -10.5. The van der Waals surface area contributed by atoms with Gasteiger partial charge in [-0.3, -0.25) is 28.8 Å². The number of esters is 6. The Hall–Kier alpha value is -6.72. The zero-order chi connectivity index (χ0) is 49.5. The average molecular weight is 938 g/mol. The Kier molecular flexibility index (Phi) is 13.6. The van der Waals surface area contributed by atoms with Crippen molar-refractivity contribution in [3.05, 3.63) is 119 Å². The molecule has 1 heterocycles. The van der Waals surface area contributed by atoms with Crippen LogP contribution in [0.15, 0.2) is 102 Å². The number of hydrogen-bond acceptors (Lipinski definition) is 16. The summed E-state index contributed by atoms with van der Waals surface area (Å²) in [7, 11) is 0. The maximum atomic E-state index is 15.9. The smallest absolute Gasteiger partial charge is 0.350 e. The molecule has 3 aliphatic carbocycles. The molecule has 7 rings (SSSR count). The Morgan fingerprint density at radius 2 is 1.31 bits per heavy atom. The predicted molar refractivity (Wildman–Crippen MR) is 237 cm³/mol. The first kappa shape index (κ1) is 49.2. The summed E-state index contributed by atoms with van der Waals surface area (Å²) in [6.45, 7) is 10.1. The molecule has 0 aromatic heterocycles. The van der Waals surface area contributed by atoms with Crippen LogP contribution in [0.2, 0.25) is 0 Å². The highest BCUT2D eigenvalue weighted by Gasteiger charge is 2.79. The van der Waals surface area contributed by atoms with E-state index in [4.69, 9.17) is 33.2 Å². The third kappa shape index (κ3) is 8.68. The molecule has 2 N–H and O–H groups in total. The highest BCUT2D eigenvalue weighted by molar-refractivity contribution is 5.96. The maximum Gasteiger partial charge on any atom is 0.350 e. The van der Waals surface area contributed by atoms with Crippen molar-refractivity contribution in [2.75, 3.05) is 6.61 Å². The molecule has 0 radical (unpaired) electrons. The van der Waals surface area contributed by atoms with Gasteiger partial charge in [-0.25, -0.2) is 9.59 Å². The molecule has 3 aromatic rings. The van der Waals surface area contributed by atoms with Gasteiger partial charge in [-0.2, -0.15) is 0 Å². The van der Waals surface area contributed by atoms with Crippen LogP contribution in [0.4, 0.5) is 0 Å². The lowest BCUT2D eigenvalue weighted by atomic mass is 9.44. The number of aliphatic hydroxyl groups is 1. The maximum absolute atomic E-state index is 15.9. The fraction of sp³-hybridized carbons (Fsp3) is 0.451. The van der Waals surface area contributed by atoms with Crippen LogP contribution in [0.3, 0.4) is 0 Å². The van der Waals surface area contributed by atoms with Gasteiger partial charge in [0.05, 0.1) is 23.5 Å². The van der Waals surface area contributed by atoms with Gasteiger partial charge in [0.2, 0.25) is 6.10 Å². The number of carbonyl (C=O) groups excluding carboxylic acids is 8. The molecule has 17 heteroatoms. The lowest BCUT2D eigenvalue weighted by molar-refractivity contribution is -0.346. The van der Waals surface area contributed by atoms with Crippen molar-refractivity contribution in [2.24, 2.45) is 16.7 Å².